The van der Waals surface area contributed by atoms with Crippen LogP contribution >= 0.6 is 0 Å². The molecule has 0 N–H and O–H groups in total. The molecule has 0 aromatic heterocycles. The third kappa shape index (κ3) is 0.444. The highest BCUT2D eigenvalue weighted by Crippen LogP contribution is 2.26. The first kappa shape index (κ1) is 1.25. The maximum Gasteiger partial charge on any atom is 0.0236 e. The van der Waals surface area contributed by atoms with Gasteiger partial charge in [-0.1, -0.05) is 13.3 Å². The van der Waals surface area contributed by atoms with Gasteiger partial charge in [0.15, 0.2) is 0 Å². The predicted molar refractivity (Wildman–Crippen MR) is 22.8 cm³/mol. The summed E-state index contributed by atoms with van der Waals surface area (Å²) >= 11 is 0. The number of rotatable bonds is 0. The van der Waals surface area contributed by atoms with Crippen LogP contribution in [0.3, 0.4) is 0 Å². The molecular formula is C5H9. The average Bonchev–Trinajstić information content (AvgIpc) is 1.16. The molecular weight excluding hydrogens is 60.1 g/mol. The number of hydrogen-bond donors (Lipinski definition) is 0. The lowest BCUT2D eigenvalue weighted by Crippen LogP contribution is -2.01. The third-order valence-electron chi connectivity index (χ3n) is 0.957. The van der Waals surface area contributed by atoms with E-state index in [-0.39, 0.29) is 0 Å². The second-order valence-electron chi connectivity index (χ2n) is 1.46. The molecule has 0 unspecified atom stereocenters. The molecule has 1 rings (SSSR count). The Morgan fingerprint density at radius 1 is 1.80 bits per heavy atom. The van der Waals surface area contributed by atoms with Gasteiger partial charge >= 0.3 is 0 Å². The van der Waals surface area contributed by atoms with Crippen molar-refractivity contribution >= 4 is 0 Å². The van der Waals surface area contributed by atoms with Gasteiger partial charge in [0.25, 0.3) is 0 Å². The van der Waals surface area contributed by atoms with Gasteiger partial charge in [-0.15, -0.1) is 0 Å². The minimum absolute atomic E-state index is 0.762. The second-order valence-corrected chi connectivity index (χ2v) is 1.46. The van der Waals surface area contributed by atoms with Crippen LogP contribution in [-0.4, -0.2) is 0 Å². The van der Waals surface area contributed by atoms with Gasteiger partial charge < -0.3 is 0 Å². The maximum atomic E-state index is 6.89. The van der Waals surface area contributed by atoms with E-state index in [4.69, 9.17) is 4.11 Å². The smallest absolute Gasteiger partial charge is 0.0236 e. The van der Waals surface area contributed by atoms with Crippen molar-refractivity contribution in [1.82, 2.24) is 0 Å². The molecule has 1 saturated carbocycles. The Balaban J connectivity index is 2.34. The summed E-state index contributed by atoms with van der Waals surface area (Å²) in [6, 6.07) is 0. The molecule has 1 aliphatic rings. The van der Waals surface area contributed by atoms with Crippen molar-refractivity contribution in [2.75, 3.05) is 0 Å². The standard InChI is InChI=1S/C5H9/c1-5-3-2-4-5/h2-4H2,1H3/i1D3. The molecule has 0 bridgehead atoms. The predicted octanol–water partition coefficient (Wildman–Crippen LogP) is 1.76. The molecule has 1 radical (unpaired) electrons. The van der Waals surface area contributed by atoms with Crippen LogP contribution in [0.5, 0.6) is 0 Å². The fraction of sp³-hybridized carbons (Fsp3) is 0.800. The van der Waals surface area contributed by atoms with E-state index < -0.39 is 6.85 Å². The fourth-order valence-corrected chi connectivity index (χ4v) is 0.354. The van der Waals surface area contributed by atoms with Crippen LogP contribution in [0, 0.1) is 5.92 Å². The first-order valence-electron chi connectivity index (χ1n) is 3.46. The van der Waals surface area contributed by atoms with E-state index in [9.17, 15) is 0 Å². The van der Waals surface area contributed by atoms with Crippen LogP contribution < -0.4 is 0 Å². The normalized spacial score (nSPS) is 37.2. The summed E-state index contributed by atoms with van der Waals surface area (Å²) in [5, 5.41) is 0. The summed E-state index contributed by atoms with van der Waals surface area (Å²) in [4.78, 5) is 0. The van der Waals surface area contributed by atoms with E-state index >= 15 is 0 Å². The molecule has 1 aliphatic carbocycles. The molecule has 29 valence electrons. The van der Waals surface area contributed by atoms with Crippen LogP contribution in [0.25, 0.3) is 0 Å². The molecule has 0 aliphatic heterocycles. The quantitative estimate of drug-likeness (QED) is 0.409. The van der Waals surface area contributed by atoms with Crippen LogP contribution in [0.15, 0.2) is 0 Å². The Morgan fingerprint density at radius 2 is 2.60 bits per heavy atom. The lowest BCUT2D eigenvalue weighted by molar-refractivity contribution is 0.557. The molecule has 0 atom stereocenters. The van der Waals surface area contributed by atoms with Crippen molar-refractivity contribution in [3.63, 3.8) is 0 Å². The Bertz CT molecular complexity index is 80.2. The van der Waals surface area contributed by atoms with E-state index in [1.54, 1.807) is 0 Å². The van der Waals surface area contributed by atoms with Gasteiger partial charge in [-0.3, -0.25) is 0 Å². The Morgan fingerprint density at radius 3 is 2.60 bits per heavy atom. The van der Waals surface area contributed by atoms with E-state index in [1.165, 1.54) is 0 Å². The van der Waals surface area contributed by atoms with Crippen LogP contribution in [0.1, 0.15) is 30.2 Å². The van der Waals surface area contributed by atoms with Crippen molar-refractivity contribution in [3.05, 3.63) is 5.92 Å². The zero-order valence-corrected chi connectivity index (χ0v) is 3.12. The van der Waals surface area contributed by atoms with Crippen molar-refractivity contribution < 1.29 is 4.11 Å². The summed E-state index contributed by atoms with van der Waals surface area (Å²) in [6.45, 7) is -1.74. The zero-order chi connectivity index (χ0) is 6.20. The second kappa shape index (κ2) is 1.00. The van der Waals surface area contributed by atoms with Gasteiger partial charge in [0, 0.05) is 4.11 Å². The lowest BCUT2D eigenvalue weighted by atomic mass is 9.88. The minimum atomic E-state index is -1.74. The summed E-state index contributed by atoms with van der Waals surface area (Å²) in [7, 11) is 0. The minimum Gasteiger partial charge on any atom is -0.0591 e. The molecule has 0 saturated heterocycles. The maximum absolute atomic E-state index is 6.89. The molecule has 1 fully saturated rings. The summed E-state index contributed by atoms with van der Waals surface area (Å²) < 4.78 is 20.7. The van der Waals surface area contributed by atoms with Gasteiger partial charge in [0.05, 0.1) is 0 Å². The van der Waals surface area contributed by atoms with Gasteiger partial charge in [-0.2, -0.15) is 0 Å². The Kier molecular flexibility index (Phi) is 0.250. The highest BCUT2D eigenvalue weighted by atomic mass is 14.1. The van der Waals surface area contributed by atoms with E-state index in [2.05, 4.69) is 0 Å². The molecule has 5 heavy (non-hydrogen) atoms. The van der Waals surface area contributed by atoms with Gasteiger partial charge in [-0.05, 0) is 18.8 Å². The Hall–Kier alpha value is 0. The van der Waals surface area contributed by atoms with E-state index in [0.29, 0.717) is 0 Å². The molecule has 0 amide bonds. The monoisotopic (exact) mass is 72.1 g/mol. The largest absolute Gasteiger partial charge is 0.0591 e. The first-order valence-corrected chi connectivity index (χ1v) is 1.96. The van der Waals surface area contributed by atoms with Crippen molar-refractivity contribution in [1.29, 1.82) is 0 Å². The average molecular weight is 72.1 g/mol. The van der Waals surface area contributed by atoms with Gasteiger partial charge in [0.1, 0.15) is 0 Å². The van der Waals surface area contributed by atoms with Crippen LogP contribution in [-0.2, 0) is 0 Å². The molecule has 0 heteroatoms. The van der Waals surface area contributed by atoms with E-state index in [0.717, 1.165) is 25.2 Å². The first-order chi connectivity index (χ1) is 3.61. The van der Waals surface area contributed by atoms with Crippen molar-refractivity contribution in [2.45, 2.75) is 26.1 Å². The van der Waals surface area contributed by atoms with Crippen LogP contribution in [0.4, 0.5) is 0 Å². The molecule has 0 aromatic carbocycles. The van der Waals surface area contributed by atoms with Crippen molar-refractivity contribution in [2.24, 2.45) is 0 Å². The van der Waals surface area contributed by atoms with Gasteiger partial charge in [-0.25, -0.2) is 0 Å². The Labute approximate surface area is 37.4 Å². The summed E-state index contributed by atoms with van der Waals surface area (Å²) in [5.41, 5.74) is 0. The zero-order valence-electron chi connectivity index (χ0n) is 6.12. The summed E-state index contributed by atoms with van der Waals surface area (Å²) in [5.74, 6) is 0.762. The molecule has 0 spiro atoms. The molecule has 0 heterocycles. The lowest BCUT2D eigenvalue weighted by Gasteiger charge is -2.18. The topological polar surface area (TPSA) is 0 Å². The van der Waals surface area contributed by atoms with Crippen LogP contribution in [0.2, 0.25) is 0 Å². The number of hydrogen-bond acceptors (Lipinski definition) is 0. The fourth-order valence-electron chi connectivity index (χ4n) is 0.354. The van der Waals surface area contributed by atoms with Crippen molar-refractivity contribution in [3.8, 4) is 0 Å². The van der Waals surface area contributed by atoms with E-state index in [1.807, 2.05) is 0 Å². The van der Waals surface area contributed by atoms with Gasteiger partial charge in [0.2, 0.25) is 0 Å². The highest BCUT2D eigenvalue weighted by molar-refractivity contribution is 4.92. The SMILES string of the molecule is [2H]C([2H])([2H])[C]1CCC1. The summed E-state index contributed by atoms with van der Waals surface area (Å²) in [6.07, 6.45) is 2.74. The molecule has 0 nitrogen and oxygen atoms in total. The third-order valence-corrected chi connectivity index (χ3v) is 0.957. The highest BCUT2D eigenvalue weighted by Gasteiger charge is 2.09. The molecule has 0 aromatic rings.